The summed E-state index contributed by atoms with van der Waals surface area (Å²) in [6.07, 6.45) is 4.14. The number of nitrogens with one attached hydrogen (secondary N) is 1. The van der Waals surface area contributed by atoms with E-state index in [1.165, 1.54) is 16.3 Å². The van der Waals surface area contributed by atoms with Crippen LogP contribution in [-0.2, 0) is 0 Å². The van der Waals surface area contributed by atoms with Crippen LogP contribution in [0, 0.1) is 0 Å². The van der Waals surface area contributed by atoms with E-state index >= 15 is 0 Å². The molecular weight excluding hydrogens is 218 g/mol. The molecule has 0 aliphatic carbocycles. The number of rotatable bonds is 6. The molecule has 0 heterocycles. The third-order valence-corrected chi connectivity index (χ3v) is 3.31. The van der Waals surface area contributed by atoms with Crippen LogP contribution in [0.15, 0.2) is 55.1 Å². The second kappa shape index (κ2) is 6.36. The van der Waals surface area contributed by atoms with E-state index in [4.69, 9.17) is 0 Å². The zero-order valence-corrected chi connectivity index (χ0v) is 11.0. The van der Waals surface area contributed by atoms with Crippen molar-refractivity contribution in [2.24, 2.45) is 0 Å². The minimum atomic E-state index is 0.416. The van der Waals surface area contributed by atoms with Crippen LogP contribution in [-0.4, -0.2) is 6.54 Å². The molecule has 0 saturated carbocycles. The maximum Gasteiger partial charge on any atom is 0.0329 e. The van der Waals surface area contributed by atoms with Gasteiger partial charge in [-0.05, 0) is 35.7 Å². The van der Waals surface area contributed by atoms with Gasteiger partial charge in [0.1, 0.15) is 0 Å². The largest absolute Gasteiger partial charge is 0.310 e. The van der Waals surface area contributed by atoms with E-state index in [0.29, 0.717) is 6.04 Å². The molecule has 0 aromatic heterocycles. The maximum absolute atomic E-state index is 3.82. The van der Waals surface area contributed by atoms with Crippen LogP contribution in [0.3, 0.4) is 0 Å². The lowest BCUT2D eigenvalue weighted by Crippen LogP contribution is -2.20. The van der Waals surface area contributed by atoms with Crippen LogP contribution in [0.5, 0.6) is 0 Å². The molecule has 0 fully saturated rings. The highest BCUT2D eigenvalue weighted by atomic mass is 14.9. The number of hydrogen-bond acceptors (Lipinski definition) is 1. The summed E-state index contributed by atoms with van der Waals surface area (Å²) in [7, 11) is 0. The fourth-order valence-corrected chi connectivity index (χ4v) is 2.45. The molecule has 1 unspecified atom stereocenters. The Morgan fingerprint density at radius 3 is 2.72 bits per heavy atom. The van der Waals surface area contributed by atoms with E-state index in [9.17, 15) is 0 Å². The summed E-state index contributed by atoms with van der Waals surface area (Å²) in [5.41, 5.74) is 1.40. The molecule has 2 rings (SSSR count). The summed E-state index contributed by atoms with van der Waals surface area (Å²) in [4.78, 5) is 0. The quantitative estimate of drug-likeness (QED) is 0.734. The molecule has 0 amide bonds. The number of benzene rings is 2. The first-order chi connectivity index (χ1) is 8.86. The Morgan fingerprint density at radius 1 is 1.17 bits per heavy atom. The molecule has 1 nitrogen and oxygen atoms in total. The van der Waals surface area contributed by atoms with Crippen molar-refractivity contribution in [3.05, 3.63) is 60.7 Å². The van der Waals surface area contributed by atoms with Gasteiger partial charge in [-0.3, -0.25) is 0 Å². The van der Waals surface area contributed by atoms with Crippen LogP contribution < -0.4 is 5.32 Å². The fourth-order valence-electron chi connectivity index (χ4n) is 2.45. The van der Waals surface area contributed by atoms with Crippen molar-refractivity contribution in [3.63, 3.8) is 0 Å². The molecule has 0 bridgehead atoms. The topological polar surface area (TPSA) is 12.0 Å². The second-order valence-electron chi connectivity index (χ2n) is 4.54. The second-order valence-corrected chi connectivity index (χ2v) is 4.54. The number of fused-ring (bicyclic) bond motifs is 1. The average molecular weight is 239 g/mol. The Bertz CT molecular complexity index is 511. The van der Waals surface area contributed by atoms with Crippen molar-refractivity contribution in [1.29, 1.82) is 0 Å². The standard InChI is InChI=1S/C17H21N/c1-3-5-13-17(18-4-2)16-12-8-10-14-9-6-7-11-15(14)16/h3,6-12,17-18H,1,4-5,13H2,2H3. The van der Waals surface area contributed by atoms with Crippen molar-refractivity contribution in [2.45, 2.75) is 25.8 Å². The van der Waals surface area contributed by atoms with Crippen LogP contribution >= 0.6 is 0 Å². The fraction of sp³-hybridized carbons (Fsp3) is 0.294. The average Bonchev–Trinajstić information content (AvgIpc) is 2.43. The van der Waals surface area contributed by atoms with E-state index in [1.54, 1.807) is 0 Å². The Morgan fingerprint density at radius 2 is 1.94 bits per heavy atom. The molecule has 18 heavy (non-hydrogen) atoms. The van der Waals surface area contributed by atoms with Gasteiger partial charge in [0.15, 0.2) is 0 Å². The molecule has 2 aromatic carbocycles. The molecule has 94 valence electrons. The molecule has 1 N–H and O–H groups in total. The Hall–Kier alpha value is -1.60. The number of allylic oxidation sites excluding steroid dienone is 1. The molecule has 0 spiro atoms. The lowest BCUT2D eigenvalue weighted by molar-refractivity contribution is 0.523. The molecule has 1 atom stereocenters. The zero-order valence-electron chi connectivity index (χ0n) is 11.0. The Balaban J connectivity index is 2.39. The summed E-state index contributed by atoms with van der Waals surface area (Å²) in [6.45, 7) is 6.97. The van der Waals surface area contributed by atoms with Crippen molar-refractivity contribution in [1.82, 2.24) is 5.32 Å². The SMILES string of the molecule is C=CCCC(NCC)c1cccc2ccccc12. The molecule has 0 aliphatic heterocycles. The lowest BCUT2D eigenvalue weighted by Gasteiger charge is -2.19. The third-order valence-electron chi connectivity index (χ3n) is 3.31. The van der Waals surface area contributed by atoms with Crippen LogP contribution in [0.2, 0.25) is 0 Å². The molecule has 0 aliphatic rings. The van der Waals surface area contributed by atoms with Crippen molar-refractivity contribution < 1.29 is 0 Å². The predicted octanol–water partition coefficient (Wildman–Crippen LogP) is 4.46. The van der Waals surface area contributed by atoms with E-state index in [-0.39, 0.29) is 0 Å². The first-order valence-corrected chi connectivity index (χ1v) is 6.68. The van der Waals surface area contributed by atoms with Crippen molar-refractivity contribution in [3.8, 4) is 0 Å². The first-order valence-electron chi connectivity index (χ1n) is 6.68. The summed E-state index contributed by atoms with van der Waals surface area (Å²) in [6, 6.07) is 15.6. The molecular formula is C17H21N. The summed E-state index contributed by atoms with van der Waals surface area (Å²) in [5, 5.41) is 6.25. The van der Waals surface area contributed by atoms with Crippen LogP contribution in [0.1, 0.15) is 31.4 Å². The van der Waals surface area contributed by atoms with Gasteiger partial charge in [-0.15, -0.1) is 6.58 Å². The summed E-state index contributed by atoms with van der Waals surface area (Å²) in [5.74, 6) is 0. The molecule has 1 heteroatoms. The highest BCUT2D eigenvalue weighted by Crippen LogP contribution is 2.27. The minimum absolute atomic E-state index is 0.416. The van der Waals surface area contributed by atoms with Gasteiger partial charge in [-0.25, -0.2) is 0 Å². The van der Waals surface area contributed by atoms with Crippen molar-refractivity contribution >= 4 is 10.8 Å². The van der Waals surface area contributed by atoms with Gasteiger partial charge >= 0.3 is 0 Å². The molecule has 0 radical (unpaired) electrons. The highest BCUT2D eigenvalue weighted by Gasteiger charge is 2.11. The van der Waals surface area contributed by atoms with Gasteiger partial charge in [-0.2, -0.15) is 0 Å². The lowest BCUT2D eigenvalue weighted by atomic mass is 9.96. The zero-order chi connectivity index (χ0) is 12.8. The van der Waals surface area contributed by atoms with Gasteiger partial charge in [0.05, 0.1) is 0 Å². The first kappa shape index (κ1) is 12.8. The van der Waals surface area contributed by atoms with E-state index in [1.807, 2.05) is 6.08 Å². The molecule has 0 saturated heterocycles. The van der Waals surface area contributed by atoms with Gasteiger partial charge in [0.25, 0.3) is 0 Å². The van der Waals surface area contributed by atoms with Gasteiger partial charge < -0.3 is 5.32 Å². The van der Waals surface area contributed by atoms with Crippen LogP contribution in [0.4, 0.5) is 0 Å². The smallest absolute Gasteiger partial charge is 0.0329 e. The Labute approximate surface area is 110 Å². The minimum Gasteiger partial charge on any atom is -0.310 e. The monoisotopic (exact) mass is 239 g/mol. The normalized spacial score (nSPS) is 12.5. The van der Waals surface area contributed by atoms with E-state index in [2.05, 4.69) is 61.3 Å². The van der Waals surface area contributed by atoms with E-state index < -0.39 is 0 Å². The maximum atomic E-state index is 3.82. The summed E-state index contributed by atoms with van der Waals surface area (Å²) < 4.78 is 0. The van der Waals surface area contributed by atoms with Gasteiger partial charge in [-0.1, -0.05) is 55.5 Å². The van der Waals surface area contributed by atoms with Crippen LogP contribution in [0.25, 0.3) is 10.8 Å². The van der Waals surface area contributed by atoms with Crippen molar-refractivity contribution in [2.75, 3.05) is 6.54 Å². The number of hydrogen-bond donors (Lipinski definition) is 1. The molecule has 2 aromatic rings. The summed E-state index contributed by atoms with van der Waals surface area (Å²) >= 11 is 0. The third kappa shape index (κ3) is 2.80. The Kier molecular flexibility index (Phi) is 4.54. The highest BCUT2D eigenvalue weighted by molar-refractivity contribution is 5.86. The van der Waals surface area contributed by atoms with Gasteiger partial charge in [0, 0.05) is 6.04 Å². The predicted molar refractivity (Wildman–Crippen MR) is 79.8 cm³/mol. The van der Waals surface area contributed by atoms with Gasteiger partial charge in [0.2, 0.25) is 0 Å². The van der Waals surface area contributed by atoms with E-state index in [0.717, 1.165) is 19.4 Å².